The van der Waals surface area contributed by atoms with Crippen LogP contribution in [0.4, 0.5) is 5.69 Å². The van der Waals surface area contributed by atoms with E-state index in [0.29, 0.717) is 12.2 Å². The summed E-state index contributed by atoms with van der Waals surface area (Å²) >= 11 is 1.44. The molecular weight excluding hydrogens is 340 g/mol. The van der Waals surface area contributed by atoms with Crippen LogP contribution in [0.25, 0.3) is 0 Å². The fourth-order valence-electron chi connectivity index (χ4n) is 2.39. The van der Waals surface area contributed by atoms with E-state index >= 15 is 0 Å². The highest BCUT2D eigenvalue weighted by Crippen LogP contribution is 2.42. The number of hydrogen-bond donors (Lipinski definition) is 1. The topological polar surface area (TPSA) is 81.5 Å². The molecule has 0 fully saturated rings. The summed E-state index contributed by atoms with van der Waals surface area (Å²) in [7, 11) is 0. The molecular formula is C18H20N2O4S. The zero-order valence-corrected chi connectivity index (χ0v) is 15.1. The number of hydrogen-bond acceptors (Lipinski definition) is 5. The molecule has 0 aliphatic carbocycles. The smallest absolute Gasteiger partial charge is 0.270 e. The highest BCUT2D eigenvalue weighted by molar-refractivity contribution is 7.99. The second-order valence-corrected chi connectivity index (χ2v) is 6.03. The van der Waals surface area contributed by atoms with Crippen LogP contribution in [-0.4, -0.2) is 17.4 Å². The van der Waals surface area contributed by atoms with E-state index < -0.39 is 4.92 Å². The summed E-state index contributed by atoms with van der Waals surface area (Å²) in [6.45, 7) is 6.43. The van der Waals surface area contributed by atoms with Gasteiger partial charge in [-0.1, -0.05) is 43.8 Å². The molecule has 2 aromatic carbocycles. The standard InChI is InChI=1S/C16H14N2O4S.C2H6/c1-2-22-13-6-4-3-5-11(13)16-17-15(19)12-9-10(18(20)21)7-8-14(12)23-16;1-2/h3-9,16H,2H2,1H3,(H,17,19);1-2H3. The zero-order chi connectivity index (χ0) is 18.4. The predicted octanol–water partition coefficient (Wildman–Crippen LogP) is 4.55. The first-order chi connectivity index (χ1) is 12.1. The van der Waals surface area contributed by atoms with Gasteiger partial charge >= 0.3 is 0 Å². The van der Waals surface area contributed by atoms with Crippen molar-refractivity contribution in [3.8, 4) is 5.75 Å². The van der Waals surface area contributed by atoms with Crippen molar-refractivity contribution in [3.05, 3.63) is 63.7 Å². The Balaban J connectivity index is 0.00000109. The number of non-ortho nitro benzene ring substituents is 1. The van der Waals surface area contributed by atoms with Gasteiger partial charge in [-0.05, 0) is 19.1 Å². The van der Waals surface area contributed by atoms with Gasteiger partial charge in [0.25, 0.3) is 11.6 Å². The lowest BCUT2D eigenvalue weighted by atomic mass is 10.1. The second-order valence-electron chi connectivity index (χ2n) is 4.88. The van der Waals surface area contributed by atoms with Crippen LogP contribution in [-0.2, 0) is 0 Å². The third-order valence-electron chi connectivity index (χ3n) is 3.43. The van der Waals surface area contributed by atoms with Crippen LogP contribution in [0.2, 0.25) is 0 Å². The van der Waals surface area contributed by atoms with Crippen LogP contribution in [0.3, 0.4) is 0 Å². The van der Waals surface area contributed by atoms with Crippen molar-refractivity contribution in [3.63, 3.8) is 0 Å². The lowest BCUT2D eigenvalue weighted by molar-refractivity contribution is -0.384. The zero-order valence-electron chi connectivity index (χ0n) is 14.3. The summed E-state index contributed by atoms with van der Waals surface area (Å²) in [5, 5.41) is 13.4. The fraction of sp³-hybridized carbons (Fsp3) is 0.278. The van der Waals surface area contributed by atoms with Crippen LogP contribution in [0.5, 0.6) is 5.75 Å². The molecule has 0 spiro atoms. The van der Waals surface area contributed by atoms with E-state index in [1.807, 2.05) is 45.0 Å². The summed E-state index contributed by atoms with van der Waals surface area (Å²) in [5.41, 5.74) is 1.11. The van der Waals surface area contributed by atoms with Gasteiger partial charge in [-0.2, -0.15) is 0 Å². The van der Waals surface area contributed by atoms with Crippen molar-refractivity contribution in [2.75, 3.05) is 6.61 Å². The van der Waals surface area contributed by atoms with Crippen molar-refractivity contribution in [1.82, 2.24) is 5.32 Å². The molecule has 1 amide bonds. The minimum Gasteiger partial charge on any atom is -0.493 e. The van der Waals surface area contributed by atoms with Gasteiger partial charge < -0.3 is 10.1 Å². The second kappa shape index (κ2) is 8.53. The van der Waals surface area contributed by atoms with Gasteiger partial charge in [0.1, 0.15) is 11.1 Å². The van der Waals surface area contributed by atoms with Crippen molar-refractivity contribution in [1.29, 1.82) is 0 Å². The maximum absolute atomic E-state index is 12.3. The lowest BCUT2D eigenvalue weighted by Crippen LogP contribution is -2.31. The van der Waals surface area contributed by atoms with Gasteiger partial charge in [-0.3, -0.25) is 14.9 Å². The van der Waals surface area contributed by atoms with Crippen LogP contribution in [0.1, 0.15) is 42.1 Å². The average Bonchev–Trinajstić information content (AvgIpc) is 2.63. The lowest BCUT2D eigenvalue weighted by Gasteiger charge is -2.26. The van der Waals surface area contributed by atoms with E-state index in [9.17, 15) is 14.9 Å². The van der Waals surface area contributed by atoms with E-state index in [1.165, 1.54) is 23.9 Å². The Labute approximate surface area is 150 Å². The number of para-hydroxylation sites is 1. The van der Waals surface area contributed by atoms with Gasteiger partial charge in [0.05, 0.1) is 17.1 Å². The average molecular weight is 360 g/mol. The van der Waals surface area contributed by atoms with Crippen LogP contribution >= 0.6 is 11.8 Å². The number of benzene rings is 2. The number of nitrogens with one attached hydrogen (secondary N) is 1. The first-order valence-electron chi connectivity index (χ1n) is 8.08. The van der Waals surface area contributed by atoms with E-state index in [1.54, 1.807) is 6.07 Å². The summed E-state index contributed by atoms with van der Waals surface area (Å²) < 4.78 is 5.61. The Morgan fingerprint density at radius 2 is 1.96 bits per heavy atom. The van der Waals surface area contributed by atoms with E-state index in [2.05, 4.69) is 5.32 Å². The molecule has 7 heteroatoms. The van der Waals surface area contributed by atoms with Crippen molar-refractivity contribution in [2.45, 2.75) is 31.0 Å². The number of nitrogens with zero attached hydrogens (tertiary/aromatic N) is 1. The highest BCUT2D eigenvalue weighted by atomic mass is 32.2. The number of nitro groups is 1. The summed E-state index contributed by atoms with van der Waals surface area (Å²) in [5.74, 6) is 0.400. The van der Waals surface area contributed by atoms with Crippen LogP contribution in [0.15, 0.2) is 47.4 Å². The molecule has 25 heavy (non-hydrogen) atoms. The molecule has 2 aromatic rings. The molecule has 1 heterocycles. The maximum atomic E-state index is 12.3. The van der Waals surface area contributed by atoms with E-state index in [-0.39, 0.29) is 17.0 Å². The molecule has 0 saturated carbocycles. The molecule has 1 aliphatic heterocycles. The number of carbonyl (C=O) groups excluding carboxylic acids is 1. The van der Waals surface area contributed by atoms with Gasteiger partial charge in [0.15, 0.2) is 0 Å². The van der Waals surface area contributed by atoms with Crippen LogP contribution in [0, 0.1) is 10.1 Å². The monoisotopic (exact) mass is 360 g/mol. The van der Waals surface area contributed by atoms with Gasteiger partial charge in [-0.15, -0.1) is 0 Å². The number of nitro benzene ring substituents is 1. The Kier molecular flexibility index (Phi) is 6.41. The first kappa shape index (κ1) is 18.8. The molecule has 6 nitrogen and oxygen atoms in total. The molecule has 1 N–H and O–H groups in total. The quantitative estimate of drug-likeness (QED) is 0.639. The number of thioether (sulfide) groups is 1. The third-order valence-corrected chi connectivity index (χ3v) is 4.64. The van der Waals surface area contributed by atoms with Crippen molar-refractivity contribution < 1.29 is 14.5 Å². The van der Waals surface area contributed by atoms with E-state index in [0.717, 1.165) is 16.2 Å². The minimum atomic E-state index is -0.505. The van der Waals surface area contributed by atoms with E-state index in [4.69, 9.17) is 4.74 Å². The highest BCUT2D eigenvalue weighted by Gasteiger charge is 2.29. The largest absolute Gasteiger partial charge is 0.493 e. The number of amides is 1. The SMILES string of the molecule is CC.CCOc1ccccc1C1NC(=O)c2cc([N+](=O)[O-])ccc2S1. The molecule has 0 saturated heterocycles. The molecule has 1 atom stereocenters. The summed E-state index contributed by atoms with van der Waals surface area (Å²) in [6.07, 6.45) is 0. The molecule has 1 unspecified atom stereocenters. The predicted molar refractivity (Wildman–Crippen MR) is 98.1 cm³/mol. The molecule has 0 radical (unpaired) electrons. The number of ether oxygens (including phenoxy) is 1. The van der Waals surface area contributed by atoms with Crippen LogP contribution < -0.4 is 10.1 Å². The third kappa shape index (κ3) is 4.11. The molecule has 1 aliphatic rings. The molecule has 0 bridgehead atoms. The molecule has 3 rings (SSSR count). The Morgan fingerprint density at radius 3 is 2.64 bits per heavy atom. The maximum Gasteiger partial charge on any atom is 0.270 e. The number of carbonyl (C=O) groups is 1. The Morgan fingerprint density at radius 1 is 1.24 bits per heavy atom. The van der Waals surface area contributed by atoms with Crippen molar-refractivity contribution in [2.24, 2.45) is 0 Å². The summed E-state index contributed by atoms with van der Waals surface area (Å²) in [6, 6.07) is 11.9. The van der Waals surface area contributed by atoms with Gasteiger partial charge in [0.2, 0.25) is 0 Å². The van der Waals surface area contributed by atoms with Gasteiger partial charge in [0, 0.05) is 22.6 Å². The van der Waals surface area contributed by atoms with Gasteiger partial charge in [-0.25, -0.2) is 0 Å². The number of rotatable bonds is 4. The molecule has 0 aromatic heterocycles. The fourth-order valence-corrected chi connectivity index (χ4v) is 3.56. The minimum absolute atomic E-state index is 0.0901. The molecule has 132 valence electrons. The number of fused-ring (bicyclic) bond motifs is 1. The normalized spacial score (nSPS) is 15.3. The Hall–Kier alpha value is -2.54. The summed E-state index contributed by atoms with van der Waals surface area (Å²) in [4.78, 5) is 23.4. The van der Waals surface area contributed by atoms with Crippen molar-refractivity contribution >= 4 is 23.4 Å². The Bertz CT molecular complexity index is 779. The first-order valence-corrected chi connectivity index (χ1v) is 8.95.